The van der Waals surface area contributed by atoms with E-state index >= 15 is 0 Å². The molecule has 0 aliphatic rings. The number of nitrogens with zero attached hydrogens (tertiary/aromatic N) is 3. The molecule has 0 bridgehead atoms. The predicted octanol–water partition coefficient (Wildman–Crippen LogP) is 2.98. The van der Waals surface area contributed by atoms with Crippen molar-refractivity contribution in [1.82, 2.24) is 14.9 Å². The topological polar surface area (TPSA) is 84.4 Å². The van der Waals surface area contributed by atoms with Crippen molar-refractivity contribution in [1.29, 1.82) is 0 Å². The van der Waals surface area contributed by atoms with E-state index in [0.717, 1.165) is 16.9 Å². The third-order valence-electron chi connectivity index (χ3n) is 3.81. The number of aromatic nitrogens is 3. The molecule has 0 radical (unpaired) electrons. The van der Waals surface area contributed by atoms with Crippen molar-refractivity contribution in [3.8, 4) is 28.6 Å². The minimum Gasteiger partial charge on any atom is -0.497 e. The fourth-order valence-corrected chi connectivity index (χ4v) is 3.26. The van der Waals surface area contributed by atoms with Gasteiger partial charge >= 0.3 is 0 Å². The van der Waals surface area contributed by atoms with E-state index in [9.17, 15) is 0 Å². The Hall–Kier alpha value is -2.87. The molecule has 0 fully saturated rings. The highest BCUT2D eigenvalue weighted by Crippen LogP contribution is 2.32. The first-order valence-electron chi connectivity index (χ1n) is 7.85. The van der Waals surface area contributed by atoms with Gasteiger partial charge in [-0.25, -0.2) is 4.68 Å². The average molecular weight is 372 g/mol. The van der Waals surface area contributed by atoms with Crippen LogP contribution >= 0.6 is 11.8 Å². The van der Waals surface area contributed by atoms with Gasteiger partial charge in [-0.2, -0.15) is 0 Å². The first-order valence-corrected chi connectivity index (χ1v) is 8.83. The van der Waals surface area contributed by atoms with Crippen molar-refractivity contribution in [3.05, 3.63) is 48.0 Å². The molecule has 26 heavy (non-hydrogen) atoms. The fraction of sp³-hybridized carbons (Fsp3) is 0.222. The summed E-state index contributed by atoms with van der Waals surface area (Å²) in [5.74, 6) is 9.53. The van der Waals surface area contributed by atoms with Crippen molar-refractivity contribution >= 4 is 11.8 Å². The van der Waals surface area contributed by atoms with Gasteiger partial charge in [-0.1, -0.05) is 23.9 Å². The van der Waals surface area contributed by atoms with Gasteiger partial charge in [0.25, 0.3) is 0 Å². The van der Waals surface area contributed by atoms with Gasteiger partial charge in [0.05, 0.1) is 21.3 Å². The standard InChI is InChI=1S/C18H20N4O3S/c1-23-14-6-4-5-12(9-14)11-26-18-21-20-17(22(18)19)13-7-8-15(24-2)16(10-13)25-3/h4-10H,11,19H2,1-3H3. The zero-order chi connectivity index (χ0) is 18.5. The summed E-state index contributed by atoms with van der Waals surface area (Å²) in [4.78, 5) is 0. The molecule has 2 N–H and O–H groups in total. The molecule has 0 aliphatic carbocycles. The maximum Gasteiger partial charge on any atom is 0.210 e. The van der Waals surface area contributed by atoms with Gasteiger partial charge in [0.2, 0.25) is 5.16 Å². The van der Waals surface area contributed by atoms with E-state index in [4.69, 9.17) is 20.1 Å². The smallest absolute Gasteiger partial charge is 0.210 e. The molecule has 1 aromatic heterocycles. The summed E-state index contributed by atoms with van der Waals surface area (Å²) in [6.07, 6.45) is 0. The number of thioether (sulfide) groups is 1. The van der Waals surface area contributed by atoms with Crippen LogP contribution in [0.15, 0.2) is 47.6 Å². The summed E-state index contributed by atoms with van der Waals surface area (Å²) in [5.41, 5.74) is 1.91. The summed E-state index contributed by atoms with van der Waals surface area (Å²) >= 11 is 1.51. The van der Waals surface area contributed by atoms with Crippen LogP contribution in [0.25, 0.3) is 11.4 Å². The van der Waals surface area contributed by atoms with Crippen molar-refractivity contribution in [2.24, 2.45) is 0 Å². The zero-order valence-corrected chi connectivity index (χ0v) is 15.6. The summed E-state index contributed by atoms with van der Waals surface area (Å²) in [7, 11) is 4.83. The lowest BCUT2D eigenvalue weighted by Gasteiger charge is -2.09. The number of hydrogen-bond acceptors (Lipinski definition) is 7. The summed E-state index contributed by atoms with van der Waals surface area (Å²) in [6, 6.07) is 13.4. The Balaban J connectivity index is 1.79. The van der Waals surface area contributed by atoms with Gasteiger partial charge in [-0.15, -0.1) is 10.2 Å². The molecule has 0 saturated heterocycles. The molecular formula is C18H20N4O3S. The number of rotatable bonds is 7. The van der Waals surface area contributed by atoms with E-state index < -0.39 is 0 Å². The molecule has 3 aromatic rings. The molecule has 0 unspecified atom stereocenters. The first kappa shape index (κ1) is 17.9. The second kappa shape index (κ2) is 8.01. The molecular weight excluding hydrogens is 352 g/mol. The third-order valence-corrected chi connectivity index (χ3v) is 4.82. The molecule has 3 rings (SSSR count). The molecule has 8 heteroatoms. The van der Waals surface area contributed by atoms with E-state index in [2.05, 4.69) is 10.2 Å². The SMILES string of the molecule is COc1cccc(CSc2nnc(-c3ccc(OC)c(OC)c3)n2N)c1. The summed E-state index contributed by atoms with van der Waals surface area (Å²) in [5, 5.41) is 9.03. The maximum atomic E-state index is 6.19. The van der Waals surface area contributed by atoms with Crippen molar-refractivity contribution in [2.75, 3.05) is 27.2 Å². The number of ether oxygens (including phenoxy) is 3. The second-order valence-corrected chi connectivity index (χ2v) is 6.33. The highest BCUT2D eigenvalue weighted by atomic mass is 32.2. The highest BCUT2D eigenvalue weighted by molar-refractivity contribution is 7.98. The Morgan fingerprint density at radius 1 is 0.962 bits per heavy atom. The first-order chi connectivity index (χ1) is 12.7. The quantitative estimate of drug-likeness (QED) is 0.504. The van der Waals surface area contributed by atoms with Crippen LogP contribution in [0.4, 0.5) is 0 Å². The number of nitrogen functional groups attached to an aromatic ring is 1. The summed E-state index contributed by atoms with van der Waals surface area (Å²) < 4.78 is 17.3. The van der Waals surface area contributed by atoms with E-state index in [-0.39, 0.29) is 0 Å². The monoisotopic (exact) mass is 372 g/mol. The Morgan fingerprint density at radius 2 is 1.77 bits per heavy atom. The average Bonchev–Trinajstić information content (AvgIpc) is 3.06. The van der Waals surface area contributed by atoms with Gasteiger partial charge in [-0.3, -0.25) is 0 Å². The van der Waals surface area contributed by atoms with E-state index in [1.54, 1.807) is 21.3 Å². The molecule has 136 valence electrons. The van der Waals surface area contributed by atoms with Gasteiger partial charge in [0.1, 0.15) is 5.75 Å². The van der Waals surface area contributed by atoms with Crippen molar-refractivity contribution in [2.45, 2.75) is 10.9 Å². The molecule has 0 spiro atoms. The molecule has 0 saturated carbocycles. The number of benzene rings is 2. The molecule has 1 heterocycles. The number of hydrogen-bond donors (Lipinski definition) is 1. The van der Waals surface area contributed by atoms with Crippen LogP contribution in [0.5, 0.6) is 17.2 Å². The maximum absolute atomic E-state index is 6.19. The molecule has 0 aliphatic heterocycles. The van der Waals surface area contributed by atoms with Gasteiger partial charge in [-0.05, 0) is 35.9 Å². The van der Waals surface area contributed by atoms with Crippen LogP contribution in [0.1, 0.15) is 5.56 Å². The number of methoxy groups -OCH3 is 3. The zero-order valence-electron chi connectivity index (χ0n) is 14.8. The van der Waals surface area contributed by atoms with Crippen LogP contribution in [-0.4, -0.2) is 36.2 Å². The van der Waals surface area contributed by atoms with Crippen molar-refractivity contribution < 1.29 is 14.2 Å². The van der Waals surface area contributed by atoms with E-state index in [0.29, 0.717) is 28.2 Å². The molecule has 7 nitrogen and oxygen atoms in total. The minimum atomic E-state index is 0.555. The second-order valence-electron chi connectivity index (χ2n) is 5.39. The normalized spacial score (nSPS) is 10.6. The van der Waals surface area contributed by atoms with Crippen LogP contribution < -0.4 is 20.1 Å². The third kappa shape index (κ3) is 3.70. The van der Waals surface area contributed by atoms with Gasteiger partial charge in [0.15, 0.2) is 17.3 Å². The Morgan fingerprint density at radius 3 is 2.50 bits per heavy atom. The van der Waals surface area contributed by atoms with Crippen LogP contribution in [0.2, 0.25) is 0 Å². The van der Waals surface area contributed by atoms with Gasteiger partial charge in [0, 0.05) is 11.3 Å². The Bertz CT molecular complexity index is 898. The summed E-state index contributed by atoms with van der Waals surface area (Å²) in [6.45, 7) is 0. The van der Waals surface area contributed by atoms with E-state index in [1.807, 2.05) is 42.5 Å². The Kier molecular flexibility index (Phi) is 5.52. The van der Waals surface area contributed by atoms with Gasteiger partial charge < -0.3 is 20.1 Å². The largest absolute Gasteiger partial charge is 0.497 e. The minimum absolute atomic E-state index is 0.555. The van der Waals surface area contributed by atoms with E-state index in [1.165, 1.54) is 16.4 Å². The van der Waals surface area contributed by atoms with Crippen LogP contribution in [0.3, 0.4) is 0 Å². The fourth-order valence-electron chi connectivity index (χ4n) is 2.46. The molecule has 0 atom stereocenters. The Labute approximate surface area is 156 Å². The lowest BCUT2D eigenvalue weighted by Crippen LogP contribution is -2.11. The lowest BCUT2D eigenvalue weighted by molar-refractivity contribution is 0.355. The lowest BCUT2D eigenvalue weighted by atomic mass is 10.2. The molecule has 2 aromatic carbocycles. The highest BCUT2D eigenvalue weighted by Gasteiger charge is 2.15. The van der Waals surface area contributed by atoms with Crippen molar-refractivity contribution in [3.63, 3.8) is 0 Å². The predicted molar refractivity (Wildman–Crippen MR) is 101 cm³/mol. The molecule has 0 amide bonds. The van der Waals surface area contributed by atoms with Crippen LogP contribution in [0, 0.1) is 0 Å². The number of nitrogens with two attached hydrogens (primary N) is 1. The van der Waals surface area contributed by atoms with Crippen LogP contribution in [-0.2, 0) is 5.75 Å².